The number of anilines is 2. The highest BCUT2D eigenvalue weighted by Gasteiger charge is 2.40. The molecule has 0 radical (unpaired) electrons. The zero-order chi connectivity index (χ0) is 23.0. The Balaban J connectivity index is 1.79. The predicted octanol–water partition coefficient (Wildman–Crippen LogP) is 6.00. The minimum atomic E-state index is -0.349. The van der Waals surface area contributed by atoms with Crippen LogP contribution in [0.15, 0.2) is 78.5 Å². The molecule has 0 bridgehead atoms. The van der Waals surface area contributed by atoms with Gasteiger partial charge in [-0.15, -0.1) is 0 Å². The maximum Gasteiger partial charge on any atom is 0.282 e. The molecule has 0 aliphatic carbocycles. The van der Waals surface area contributed by atoms with E-state index in [9.17, 15) is 9.59 Å². The third-order valence-electron chi connectivity index (χ3n) is 6.00. The van der Waals surface area contributed by atoms with Gasteiger partial charge in [-0.05, 0) is 59.7 Å². The van der Waals surface area contributed by atoms with Gasteiger partial charge in [0, 0.05) is 5.69 Å². The molecule has 0 aromatic heterocycles. The Kier molecular flexibility index (Phi) is 5.47. The molecule has 32 heavy (non-hydrogen) atoms. The van der Waals surface area contributed by atoms with Gasteiger partial charge in [0.25, 0.3) is 11.8 Å². The zero-order valence-electron chi connectivity index (χ0n) is 19.2. The fourth-order valence-electron chi connectivity index (χ4n) is 3.88. The first-order chi connectivity index (χ1) is 15.2. The van der Waals surface area contributed by atoms with Gasteiger partial charge in [-0.3, -0.25) is 9.59 Å². The predicted molar refractivity (Wildman–Crippen MR) is 131 cm³/mol. The van der Waals surface area contributed by atoms with Crippen molar-refractivity contribution in [2.75, 3.05) is 10.2 Å². The monoisotopic (exact) mass is 424 g/mol. The lowest BCUT2D eigenvalue weighted by Gasteiger charge is -2.21. The number of carbonyl (C=O) groups is 2. The fourth-order valence-corrected chi connectivity index (χ4v) is 3.88. The fraction of sp³-hybridized carbons (Fsp3) is 0.214. The van der Waals surface area contributed by atoms with E-state index < -0.39 is 0 Å². The van der Waals surface area contributed by atoms with Gasteiger partial charge < -0.3 is 5.32 Å². The third kappa shape index (κ3) is 3.84. The van der Waals surface area contributed by atoms with Crippen molar-refractivity contribution in [1.82, 2.24) is 0 Å². The lowest BCUT2D eigenvalue weighted by atomic mass is 9.87. The second-order valence-electron chi connectivity index (χ2n) is 9.23. The van der Waals surface area contributed by atoms with E-state index in [0.717, 1.165) is 22.4 Å². The Hall–Kier alpha value is -3.66. The smallest absolute Gasteiger partial charge is 0.282 e. The van der Waals surface area contributed by atoms with Crippen LogP contribution in [0.25, 0.3) is 5.57 Å². The molecule has 3 aromatic rings. The maximum absolute atomic E-state index is 13.6. The van der Waals surface area contributed by atoms with Crippen molar-refractivity contribution in [3.05, 3.63) is 101 Å². The molecule has 1 aliphatic heterocycles. The highest BCUT2D eigenvalue weighted by atomic mass is 16.2. The van der Waals surface area contributed by atoms with Crippen LogP contribution >= 0.6 is 0 Å². The van der Waals surface area contributed by atoms with Crippen molar-refractivity contribution in [2.24, 2.45) is 0 Å². The van der Waals surface area contributed by atoms with E-state index in [1.165, 1.54) is 4.90 Å². The molecule has 2 amide bonds. The van der Waals surface area contributed by atoms with Crippen LogP contribution in [0.1, 0.15) is 43.0 Å². The number of rotatable bonds is 4. The number of imide groups is 1. The normalized spacial score (nSPS) is 14.3. The summed E-state index contributed by atoms with van der Waals surface area (Å²) in [6, 6.07) is 22.9. The molecule has 0 saturated heterocycles. The van der Waals surface area contributed by atoms with E-state index in [-0.39, 0.29) is 17.2 Å². The van der Waals surface area contributed by atoms with Gasteiger partial charge in [0.1, 0.15) is 5.70 Å². The highest BCUT2D eigenvalue weighted by Crippen LogP contribution is 2.35. The molecule has 1 heterocycles. The summed E-state index contributed by atoms with van der Waals surface area (Å²) in [5.74, 6) is -0.671. The van der Waals surface area contributed by atoms with E-state index in [0.29, 0.717) is 22.5 Å². The van der Waals surface area contributed by atoms with Crippen LogP contribution < -0.4 is 10.2 Å². The quantitative estimate of drug-likeness (QED) is 0.523. The first-order valence-electron chi connectivity index (χ1n) is 10.8. The van der Waals surface area contributed by atoms with Crippen LogP contribution in [-0.2, 0) is 15.0 Å². The number of hydrogen-bond donors (Lipinski definition) is 1. The van der Waals surface area contributed by atoms with Crippen molar-refractivity contribution in [3.63, 3.8) is 0 Å². The molecule has 4 nitrogen and oxygen atoms in total. The van der Waals surface area contributed by atoms with E-state index in [1.807, 2.05) is 86.6 Å². The van der Waals surface area contributed by atoms with Crippen molar-refractivity contribution in [2.45, 2.75) is 40.0 Å². The second kappa shape index (κ2) is 8.12. The Morgan fingerprint density at radius 1 is 0.750 bits per heavy atom. The van der Waals surface area contributed by atoms with Crippen LogP contribution in [0.5, 0.6) is 0 Å². The van der Waals surface area contributed by atoms with Gasteiger partial charge in [0.15, 0.2) is 0 Å². The molecule has 1 N–H and O–H groups in total. The van der Waals surface area contributed by atoms with Gasteiger partial charge in [0.2, 0.25) is 0 Å². The van der Waals surface area contributed by atoms with E-state index >= 15 is 0 Å². The molecular formula is C28H28N2O2. The van der Waals surface area contributed by atoms with Gasteiger partial charge in [-0.1, -0.05) is 75.4 Å². The number of benzene rings is 3. The molecule has 1 aliphatic rings. The summed E-state index contributed by atoms with van der Waals surface area (Å²) in [5, 5.41) is 3.28. The van der Waals surface area contributed by atoms with Crippen molar-refractivity contribution < 1.29 is 9.59 Å². The molecule has 0 unspecified atom stereocenters. The summed E-state index contributed by atoms with van der Waals surface area (Å²) in [6.45, 7) is 10.4. The van der Waals surface area contributed by atoms with Gasteiger partial charge in [0.05, 0.1) is 11.3 Å². The second-order valence-corrected chi connectivity index (χ2v) is 9.23. The average Bonchev–Trinajstić information content (AvgIpc) is 3.01. The van der Waals surface area contributed by atoms with E-state index in [1.54, 1.807) is 0 Å². The summed E-state index contributed by atoms with van der Waals surface area (Å²) in [4.78, 5) is 28.4. The minimum absolute atomic E-state index is 0.0135. The number of aryl methyl sites for hydroxylation is 1. The van der Waals surface area contributed by atoms with Crippen LogP contribution in [0.2, 0.25) is 0 Å². The molecule has 162 valence electrons. The van der Waals surface area contributed by atoms with Crippen molar-refractivity contribution in [1.29, 1.82) is 0 Å². The van der Waals surface area contributed by atoms with Gasteiger partial charge >= 0.3 is 0 Å². The molecule has 0 atom stereocenters. The Bertz CT molecular complexity index is 1220. The summed E-state index contributed by atoms with van der Waals surface area (Å²) in [7, 11) is 0. The van der Waals surface area contributed by atoms with Gasteiger partial charge in [-0.2, -0.15) is 0 Å². The first kappa shape index (κ1) is 21.6. The summed E-state index contributed by atoms with van der Waals surface area (Å²) >= 11 is 0. The summed E-state index contributed by atoms with van der Waals surface area (Å²) < 4.78 is 0. The SMILES string of the molecule is Cc1cccc(NC2=C(c3ccccc3)C(=O)N(c3ccc(C(C)(C)C)cc3)C2=O)c1C. The number of amides is 2. The molecular weight excluding hydrogens is 396 g/mol. The number of hydrogen-bond acceptors (Lipinski definition) is 3. The Morgan fingerprint density at radius 2 is 1.41 bits per heavy atom. The lowest BCUT2D eigenvalue weighted by Crippen LogP contribution is -2.32. The van der Waals surface area contributed by atoms with Crippen molar-refractivity contribution >= 4 is 28.8 Å². The number of nitrogens with zero attached hydrogens (tertiary/aromatic N) is 1. The van der Waals surface area contributed by atoms with Crippen LogP contribution in [0, 0.1) is 13.8 Å². The van der Waals surface area contributed by atoms with Crippen LogP contribution in [-0.4, -0.2) is 11.8 Å². The van der Waals surface area contributed by atoms with E-state index in [2.05, 4.69) is 26.1 Å². The van der Waals surface area contributed by atoms with Gasteiger partial charge in [-0.25, -0.2) is 4.90 Å². The van der Waals surface area contributed by atoms with Crippen molar-refractivity contribution in [3.8, 4) is 0 Å². The Morgan fingerprint density at radius 3 is 2.03 bits per heavy atom. The molecule has 3 aromatic carbocycles. The van der Waals surface area contributed by atoms with Crippen LogP contribution in [0.3, 0.4) is 0 Å². The Labute approximate surface area is 189 Å². The van der Waals surface area contributed by atoms with Crippen LogP contribution in [0.4, 0.5) is 11.4 Å². The molecule has 0 saturated carbocycles. The lowest BCUT2D eigenvalue weighted by molar-refractivity contribution is -0.120. The third-order valence-corrected chi connectivity index (χ3v) is 6.00. The minimum Gasteiger partial charge on any atom is -0.350 e. The number of carbonyl (C=O) groups excluding carboxylic acids is 2. The zero-order valence-corrected chi connectivity index (χ0v) is 19.2. The largest absolute Gasteiger partial charge is 0.350 e. The topological polar surface area (TPSA) is 49.4 Å². The average molecular weight is 425 g/mol. The standard InChI is InChI=1S/C28H28N2O2/c1-18-10-9-13-23(19(18)2)29-25-24(20-11-7-6-8-12-20)26(31)30(27(25)32)22-16-14-21(15-17-22)28(3,4)5/h6-17,29H,1-5H3. The molecule has 0 fully saturated rings. The first-order valence-corrected chi connectivity index (χ1v) is 10.8. The maximum atomic E-state index is 13.6. The summed E-state index contributed by atoms with van der Waals surface area (Å²) in [6.07, 6.45) is 0. The van der Waals surface area contributed by atoms with E-state index in [4.69, 9.17) is 0 Å². The molecule has 4 rings (SSSR count). The summed E-state index contributed by atoms with van der Waals surface area (Å²) in [5.41, 5.74) is 6.08. The molecule has 4 heteroatoms. The highest BCUT2D eigenvalue weighted by molar-refractivity contribution is 6.46. The molecule has 0 spiro atoms. The number of nitrogens with one attached hydrogen (secondary N) is 1.